The van der Waals surface area contributed by atoms with Gasteiger partial charge in [0.25, 0.3) is 0 Å². The first kappa shape index (κ1) is 9.38. The molecule has 0 spiro atoms. The number of hydrogen-bond acceptors (Lipinski definition) is 2. The molecule has 2 nitrogen and oxygen atoms in total. The van der Waals surface area contributed by atoms with E-state index in [0.29, 0.717) is 6.04 Å². The summed E-state index contributed by atoms with van der Waals surface area (Å²) in [6, 6.07) is 0.642. The van der Waals surface area contributed by atoms with Crippen LogP contribution in [0.3, 0.4) is 0 Å². The molecule has 1 atom stereocenters. The zero-order valence-corrected chi connectivity index (χ0v) is 9.23. The molecule has 1 heterocycles. The molecule has 0 aromatic rings. The summed E-state index contributed by atoms with van der Waals surface area (Å²) in [5.41, 5.74) is 0. The Kier molecular flexibility index (Phi) is 2.82. The minimum atomic E-state index is 0.642. The van der Waals surface area contributed by atoms with Crippen molar-refractivity contribution in [3.05, 3.63) is 0 Å². The molecular weight excluding hydrogens is 180 g/mol. The molecule has 1 saturated carbocycles. The fourth-order valence-electron chi connectivity index (χ4n) is 1.37. The number of amidine groups is 1. The monoisotopic (exact) mass is 198 g/mol. The lowest BCUT2D eigenvalue weighted by atomic mass is 10.1. The summed E-state index contributed by atoms with van der Waals surface area (Å²) in [5, 5.41) is 4.67. The van der Waals surface area contributed by atoms with Gasteiger partial charge < -0.3 is 5.32 Å². The largest absolute Gasteiger partial charge is 0.361 e. The second-order valence-corrected chi connectivity index (χ2v) is 5.40. The second kappa shape index (κ2) is 3.91. The Hall–Kier alpha value is -0.180. The van der Waals surface area contributed by atoms with Gasteiger partial charge in [-0.05, 0) is 24.7 Å². The van der Waals surface area contributed by atoms with Gasteiger partial charge in [-0.1, -0.05) is 25.6 Å². The smallest absolute Gasteiger partial charge is 0.156 e. The lowest BCUT2D eigenvalue weighted by Gasteiger charge is -2.12. The minimum Gasteiger partial charge on any atom is -0.361 e. The van der Waals surface area contributed by atoms with Crippen LogP contribution >= 0.6 is 11.8 Å². The van der Waals surface area contributed by atoms with E-state index < -0.39 is 0 Å². The third-order valence-electron chi connectivity index (χ3n) is 2.70. The highest BCUT2D eigenvalue weighted by molar-refractivity contribution is 8.14. The van der Waals surface area contributed by atoms with Gasteiger partial charge in [-0.3, -0.25) is 4.99 Å². The molecule has 1 aliphatic heterocycles. The Balaban J connectivity index is 1.78. The Labute approximate surface area is 84.6 Å². The molecule has 0 bridgehead atoms. The molecule has 2 aliphatic rings. The summed E-state index contributed by atoms with van der Waals surface area (Å²) >= 11 is 1.89. The highest BCUT2D eigenvalue weighted by Crippen LogP contribution is 2.29. The van der Waals surface area contributed by atoms with Crippen molar-refractivity contribution >= 4 is 16.9 Å². The topological polar surface area (TPSA) is 24.4 Å². The van der Waals surface area contributed by atoms with E-state index in [1.54, 1.807) is 0 Å². The van der Waals surface area contributed by atoms with Crippen molar-refractivity contribution in [1.82, 2.24) is 5.32 Å². The molecule has 0 aromatic carbocycles. The van der Waals surface area contributed by atoms with Crippen molar-refractivity contribution in [3.63, 3.8) is 0 Å². The van der Waals surface area contributed by atoms with Gasteiger partial charge in [-0.15, -0.1) is 0 Å². The molecule has 13 heavy (non-hydrogen) atoms. The highest BCUT2D eigenvalue weighted by Gasteiger charge is 2.24. The van der Waals surface area contributed by atoms with Gasteiger partial charge in [0, 0.05) is 18.3 Å². The third kappa shape index (κ3) is 2.63. The van der Waals surface area contributed by atoms with Crippen LogP contribution in [0.15, 0.2) is 4.99 Å². The van der Waals surface area contributed by atoms with Crippen LogP contribution in [0.5, 0.6) is 0 Å². The molecule has 1 aliphatic carbocycles. The standard InChI is InChI=1S/C10H18N2S/c1-7(2)9-6-13-10(12-9)11-5-8-3-4-8/h7-9H,3-6H2,1-2H3,(H,11,12). The third-order valence-corrected chi connectivity index (χ3v) is 3.75. The van der Waals surface area contributed by atoms with Crippen LogP contribution in [0.1, 0.15) is 26.7 Å². The average Bonchev–Trinajstić information content (AvgIpc) is 2.79. The van der Waals surface area contributed by atoms with Crippen molar-refractivity contribution in [2.75, 3.05) is 12.3 Å². The first-order valence-corrected chi connectivity index (χ1v) is 6.18. The molecule has 0 aromatic heterocycles. The summed E-state index contributed by atoms with van der Waals surface area (Å²) < 4.78 is 0. The molecule has 1 N–H and O–H groups in total. The zero-order chi connectivity index (χ0) is 9.26. The maximum Gasteiger partial charge on any atom is 0.156 e. The summed E-state index contributed by atoms with van der Waals surface area (Å²) in [5.74, 6) is 2.83. The summed E-state index contributed by atoms with van der Waals surface area (Å²) in [6.07, 6.45) is 2.80. The van der Waals surface area contributed by atoms with Crippen molar-refractivity contribution in [2.45, 2.75) is 32.7 Å². The highest BCUT2D eigenvalue weighted by atomic mass is 32.2. The minimum absolute atomic E-state index is 0.642. The molecule has 74 valence electrons. The van der Waals surface area contributed by atoms with Crippen LogP contribution in [0.25, 0.3) is 0 Å². The number of aliphatic imine (C=N–C) groups is 1. The average molecular weight is 198 g/mol. The lowest BCUT2D eigenvalue weighted by Crippen LogP contribution is -2.31. The molecular formula is C10H18N2S. The normalized spacial score (nSPS) is 31.3. The summed E-state index contributed by atoms with van der Waals surface area (Å²) in [4.78, 5) is 4.59. The van der Waals surface area contributed by atoms with Crippen LogP contribution in [-0.4, -0.2) is 23.5 Å². The number of nitrogens with zero attached hydrogens (tertiary/aromatic N) is 1. The van der Waals surface area contributed by atoms with Gasteiger partial charge in [0.1, 0.15) is 0 Å². The van der Waals surface area contributed by atoms with Crippen molar-refractivity contribution in [1.29, 1.82) is 0 Å². The molecule has 3 heteroatoms. The first-order valence-electron chi connectivity index (χ1n) is 5.19. The van der Waals surface area contributed by atoms with E-state index in [0.717, 1.165) is 18.4 Å². The van der Waals surface area contributed by atoms with Crippen molar-refractivity contribution < 1.29 is 0 Å². The van der Waals surface area contributed by atoms with Crippen LogP contribution in [0.2, 0.25) is 0 Å². The number of rotatable bonds is 3. The SMILES string of the molecule is CC(C)C1CSC(=NCC2CC2)N1. The summed E-state index contributed by atoms with van der Waals surface area (Å²) in [6.45, 7) is 5.59. The van der Waals surface area contributed by atoms with Crippen LogP contribution < -0.4 is 5.32 Å². The van der Waals surface area contributed by atoms with Gasteiger partial charge in [0.2, 0.25) is 0 Å². The van der Waals surface area contributed by atoms with Gasteiger partial charge in [0.15, 0.2) is 5.17 Å². The first-order chi connectivity index (χ1) is 6.25. The predicted octanol–water partition coefficient (Wildman–Crippen LogP) is 2.11. The predicted molar refractivity (Wildman–Crippen MR) is 59.2 cm³/mol. The quantitative estimate of drug-likeness (QED) is 0.751. The number of nitrogens with one attached hydrogen (secondary N) is 1. The number of hydrogen-bond donors (Lipinski definition) is 1. The molecule has 0 radical (unpaired) electrons. The fourth-order valence-corrected chi connectivity index (χ4v) is 2.58. The summed E-state index contributed by atoms with van der Waals surface area (Å²) in [7, 11) is 0. The Morgan fingerprint density at radius 2 is 2.31 bits per heavy atom. The van der Waals surface area contributed by atoms with E-state index in [4.69, 9.17) is 0 Å². The molecule has 1 unspecified atom stereocenters. The molecule has 2 fully saturated rings. The second-order valence-electron chi connectivity index (χ2n) is 4.40. The van der Waals surface area contributed by atoms with Crippen LogP contribution in [0, 0.1) is 11.8 Å². The molecule has 2 rings (SSSR count). The van der Waals surface area contributed by atoms with Gasteiger partial charge >= 0.3 is 0 Å². The van der Waals surface area contributed by atoms with E-state index in [9.17, 15) is 0 Å². The van der Waals surface area contributed by atoms with Gasteiger partial charge in [-0.25, -0.2) is 0 Å². The molecule has 1 saturated heterocycles. The lowest BCUT2D eigenvalue weighted by molar-refractivity contribution is 0.503. The van der Waals surface area contributed by atoms with E-state index in [-0.39, 0.29) is 0 Å². The van der Waals surface area contributed by atoms with Crippen molar-refractivity contribution in [2.24, 2.45) is 16.8 Å². The van der Waals surface area contributed by atoms with Gasteiger partial charge in [-0.2, -0.15) is 0 Å². The maximum atomic E-state index is 4.59. The Morgan fingerprint density at radius 3 is 2.85 bits per heavy atom. The van der Waals surface area contributed by atoms with E-state index in [2.05, 4.69) is 24.2 Å². The van der Waals surface area contributed by atoms with E-state index in [1.165, 1.54) is 23.8 Å². The van der Waals surface area contributed by atoms with Gasteiger partial charge in [0.05, 0.1) is 0 Å². The maximum absolute atomic E-state index is 4.59. The Morgan fingerprint density at radius 1 is 1.54 bits per heavy atom. The van der Waals surface area contributed by atoms with E-state index in [1.807, 2.05) is 11.8 Å². The fraction of sp³-hybridized carbons (Fsp3) is 0.900. The van der Waals surface area contributed by atoms with Crippen molar-refractivity contribution in [3.8, 4) is 0 Å². The van der Waals surface area contributed by atoms with Crippen LogP contribution in [0.4, 0.5) is 0 Å². The van der Waals surface area contributed by atoms with E-state index >= 15 is 0 Å². The zero-order valence-electron chi connectivity index (χ0n) is 8.42. The molecule has 0 amide bonds. The number of thioether (sulfide) groups is 1. The Bertz CT molecular complexity index is 209. The van der Waals surface area contributed by atoms with Crippen LogP contribution in [-0.2, 0) is 0 Å².